The maximum Gasteiger partial charge on any atom is 0.243 e. The van der Waals surface area contributed by atoms with Crippen LogP contribution in [-0.4, -0.2) is 41.4 Å². The van der Waals surface area contributed by atoms with E-state index in [1.54, 1.807) is 4.90 Å². The fourth-order valence-corrected chi connectivity index (χ4v) is 1.75. The van der Waals surface area contributed by atoms with Crippen LogP contribution in [0.3, 0.4) is 0 Å². The van der Waals surface area contributed by atoms with E-state index < -0.39 is 5.54 Å². The lowest BCUT2D eigenvalue weighted by Gasteiger charge is -2.32. The van der Waals surface area contributed by atoms with Gasteiger partial charge >= 0.3 is 0 Å². The van der Waals surface area contributed by atoms with E-state index >= 15 is 0 Å². The first-order valence-electron chi connectivity index (χ1n) is 4.89. The molecule has 1 aliphatic heterocycles. The predicted octanol–water partition coefficient (Wildman–Crippen LogP) is -1.18. The van der Waals surface area contributed by atoms with Crippen molar-refractivity contribution in [3.8, 4) is 0 Å². The van der Waals surface area contributed by atoms with Crippen molar-refractivity contribution in [2.24, 2.45) is 5.73 Å². The minimum atomic E-state index is -0.655. The molecular formula is C9H15N3O2. The number of amides is 2. The Balaban J connectivity index is 2.03. The van der Waals surface area contributed by atoms with Crippen LogP contribution in [0.4, 0.5) is 0 Å². The van der Waals surface area contributed by atoms with Gasteiger partial charge in [0.05, 0.1) is 12.1 Å². The third-order valence-electron chi connectivity index (χ3n) is 2.74. The summed E-state index contributed by atoms with van der Waals surface area (Å²) in [6.07, 6.45) is 1.50. The molecule has 0 aromatic rings. The molecule has 0 spiro atoms. The van der Waals surface area contributed by atoms with Gasteiger partial charge in [0, 0.05) is 12.6 Å². The number of carbonyl (C=O) groups is 2. The SMILES string of the molecule is CC1CN(C(=O)C2(N)CC2)CC(=O)N1. The zero-order valence-corrected chi connectivity index (χ0v) is 8.25. The van der Waals surface area contributed by atoms with Gasteiger partial charge in [0.15, 0.2) is 0 Å². The maximum absolute atomic E-state index is 11.8. The quantitative estimate of drug-likeness (QED) is 0.556. The van der Waals surface area contributed by atoms with Crippen LogP contribution in [0.15, 0.2) is 0 Å². The van der Waals surface area contributed by atoms with Crippen molar-refractivity contribution in [2.75, 3.05) is 13.1 Å². The molecule has 1 atom stereocenters. The van der Waals surface area contributed by atoms with Gasteiger partial charge in [0.25, 0.3) is 0 Å². The molecule has 0 radical (unpaired) electrons. The van der Waals surface area contributed by atoms with Gasteiger partial charge in [0.1, 0.15) is 0 Å². The van der Waals surface area contributed by atoms with Crippen molar-refractivity contribution in [1.82, 2.24) is 10.2 Å². The zero-order chi connectivity index (χ0) is 10.3. The Hall–Kier alpha value is -1.10. The Morgan fingerprint density at radius 3 is 2.79 bits per heavy atom. The van der Waals surface area contributed by atoms with Gasteiger partial charge in [-0.25, -0.2) is 0 Å². The molecule has 5 heteroatoms. The van der Waals surface area contributed by atoms with Crippen LogP contribution < -0.4 is 11.1 Å². The molecule has 0 bridgehead atoms. The lowest BCUT2D eigenvalue weighted by atomic mass is 10.2. The Morgan fingerprint density at radius 2 is 2.29 bits per heavy atom. The number of nitrogens with zero attached hydrogens (tertiary/aromatic N) is 1. The summed E-state index contributed by atoms with van der Waals surface area (Å²) < 4.78 is 0. The summed E-state index contributed by atoms with van der Waals surface area (Å²) in [5, 5.41) is 2.76. The second kappa shape index (κ2) is 2.95. The van der Waals surface area contributed by atoms with Crippen molar-refractivity contribution in [1.29, 1.82) is 0 Å². The van der Waals surface area contributed by atoms with Gasteiger partial charge in [-0.2, -0.15) is 0 Å². The standard InChI is InChI=1S/C9H15N3O2/c1-6-4-12(5-7(13)11-6)8(14)9(10)2-3-9/h6H,2-5,10H2,1H3,(H,11,13). The number of nitrogens with two attached hydrogens (primary N) is 1. The maximum atomic E-state index is 11.8. The highest BCUT2D eigenvalue weighted by Gasteiger charge is 2.49. The van der Waals surface area contributed by atoms with Crippen molar-refractivity contribution in [3.63, 3.8) is 0 Å². The van der Waals surface area contributed by atoms with Crippen LogP contribution in [0.25, 0.3) is 0 Å². The molecule has 1 aliphatic carbocycles. The lowest BCUT2D eigenvalue weighted by Crippen LogP contribution is -2.58. The summed E-state index contributed by atoms with van der Waals surface area (Å²) in [6.45, 7) is 2.61. The molecule has 2 amide bonds. The fourth-order valence-electron chi connectivity index (χ4n) is 1.75. The smallest absolute Gasteiger partial charge is 0.243 e. The highest BCUT2D eigenvalue weighted by Crippen LogP contribution is 2.34. The van der Waals surface area contributed by atoms with E-state index in [9.17, 15) is 9.59 Å². The first-order valence-corrected chi connectivity index (χ1v) is 4.89. The Labute approximate surface area is 82.6 Å². The topological polar surface area (TPSA) is 75.4 Å². The van der Waals surface area contributed by atoms with Crippen LogP contribution in [0, 0.1) is 0 Å². The Bertz CT molecular complexity index is 286. The molecule has 1 saturated carbocycles. The van der Waals surface area contributed by atoms with Gasteiger partial charge < -0.3 is 16.0 Å². The number of carbonyl (C=O) groups excluding carboxylic acids is 2. The molecule has 2 rings (SSSR count). The summed E-state index contributed by atoms with van der Waals surface area (Å²) in [6, 6.07) is 0.0301. The first-order chi connectivity index (χ1) is 6.51. The molecule has 3 N–H and O–H groups in total. The van der Waals surface area contributed by atoms with Crippen LogP contribution >= 0.6 is 0 Å². The summed E-state index contributed by atoms with van der Waals surface area (Å²) in [5.74, 6) is -0.166. The van der Waals surface area contributed by atoms with E-state index in [4.69, 9.17) is 5.73 Å². The molecule has 0 aromatic heterocycles. The number of hydrogen-bond donors (Lipinski definition) is 2. The third kappa shape index (κ3) is 1.59. The summed E-state index contributed by atoms with van der Waals surface area (Å²) >= 11 is 0. The summed E-state index contributed by atoms with van der Waals surface area (Å²) in [5.41, 5.74) is 5.13. The molecule has 2 fully saturated rings. The zero-order valence-electron chi connectivity index (χ0n) is 8.25. The van der Waals surface area contributed by atoms with E-state index in [0.717, 1.165) is 12.8 Å². The Kier molecular flexibility index (Phi) is 1.99. The Morgan fingerprint density at radius 1 is 1.64 bits per heavy atom. The average molecular weight is 197 g/mol. The number of rotatable bonds is 1. The number of nitrogens with one attached hydrogen (secondary N) is 1. The van der Waals surface area contributed by atoms with E-state index in [2.05, 4.69) is 5.32 Å². The highest BCUT2D eigenvalue weighted by molar-refractivity contribution is 5.93. The van der Waals surface area contributed by atoms with Gasteiger partial charge in [-0.1, -0.05) is 0 Å². The fraction of sp³-hybridized carbons (Fsp3) is 0.778. The number of hydrogen-bond acceptors (Lipinski definition) is 3. The van der Waals surface area contributed by atoms with Crippen molar-refractivity contribution in [3.05, 3.63) is 0 Å². The molecule has 5 nitrogen and oxygen atoms in total. The lowest BCUT2D eigenvalue weighted by molar-refractivity contribution is -0.141. The van der Waals surface area contributed by atoms with E-state index in [1.807, 2.05) is 6.92 Å². The largest absolute Gasteiger partial charge is 0.350 e. The summed E-state index contributed by atoms with van der Waals surface area (Å²) in [7, 11) is 0. The molecule has 14 heavy (non-hydrogen) atoms. The van der Waals surface area contributed by atoms with Gasteiger partial charge in [-0.05, 0) is 19.8 Å². The molecule has 78 valence electrons. The third-order valence-corrected chi connectivity index (χ3v) is 2.74. The monoisotopic (exact) mass is 197 g/mol. The molecule has 1 heterocycles. The van der Waals surface area contributed by atoms with Gasteiger partial charge in [-0.15, -0.1) is 0 Å². The second-order valence-corrected chi connectivity index (χ2v) is 4.31. The van der Waals surface area contributed by atoms with Gasteiger partial charge in [-0.3, -0.25) is 9.59 Å². The van der Waals surface area contributed by atoms with Gasteiger partial charge in [0.2, 0.25) is 11.8 Å². The van der Waals surface area contributed by atoms with E-state index in [1.165, 1.54) is 0 Å². The molecule has 1 saturated heterocycles. The first kappa shape index (κ1) is 9.45. The van der Waals surface area contributed by atoms with Crippen molar-refractivity contribution >= 4 is 11.8 Å². The van der Waals surface area contributed by atoms with E-state index in [0.29, 0.717) is 6.54 Å². The van der Waals surface area contributed by atoms with Crippen LogP contribution in [-0.2, 0) is 9.59 Å². The number of piperazine rings is 1. The average Bonchev–Trinajstić information content (AvgIpc) is 2.82. The van der Waals surface area contributed by atoms with E-state index in [-0.39, 0.29) is 24.4 Å². The van der Waals surface area contributed by atoms with Crippen LogP contribution in [0.5, 0.6) is 0 Å². The summed E-state index contributed by atoms with van der Waals surface area (Å²) in [4.78, 5) is 24.6. The van der Waals surface area contributed by atoms with Crippen molar-refractivity contribution in [2.45, 2.75) is 31.3 Å². The molecule has 0 aromatic carbocycles. The normalized spacial score (nSPS) is 29.7. The predicted molar refractivity (Wildman–Crippen MR) is 50.3 cm³/mol. The molecule has 2 aliphatic rings. The minimum Gasteiger partial charge on any atom is -0.350 e. The molecular weight excluding hydrogens is 182 g/mol. The molecule has 1 unspecified atom stereocenters. The second-order valence-electron chi connectivity index (χ2n) is 4.31. The highest BCUT2D eigenvalue weighted by atomic mass is 16.2. The minimum absolute atomic E-state index is 0.0301. The van der Waals surface area contributed by atoms with Crippen LogP contribution in [0.2, 0.25) is 0 Å². The van der Waals surface area contributed by atoms with Crippen LogP contribution in [0.1, 0.15) is 19.8 Å². The van der Waals surface area contributed by atoms with Crippen molar-refractivity contribution < 1.29 is 9.59 Å².